The fourth-order valence-corrected chi connectivity index (χ4v) is 4.87. The minimum Gasteiger partial charge on any atom is -0.493 e. The van der Waals surface area contributed by atoms with Crippen LogP contribution in [-0.4, -0.2) is 86.2 Å². The molecule has 2 saturated heterocycles. The van der Waals surface area contributed by atoms with Crippen LogP contribution in [0.25, 0.3) is 0 Å². The first-order chi connectivity index (χ1) is 22.1. The van der Waals surface area contributed by atoms with Crippen LogP contribution in [0.1, 0.15) is 49.7 Å². The van der Waals surface area contributed by atoms with Crippen LogP contribution in [0.4, 0.5) is 0 Å². The average Bonchev–Trinajstić information content (AvgIpc) is 3.60. The molecule has 14 heteroatoms. The zero-order chi connectivity index (χ0) is 33.2. The van der Waals surface area contributed by atoms with Gasteiger partial charge in [-0.2, -0.15) is 0 Å². The fraction of sp³-hybridized carbons (Fsp3) is 0.500. The van der Waals surface area contributed by atoms with E-state index in [1.807, 2.05) is 18.2 Å². The summed E-state index contributed by atoms with van der Waals surface area (Å²) >= 11 is 0. The first-order valence-electron chi connectivity index (χ1n) is 15.0. The van der Waals surface area contributed by atoms with Crippen molar-refractivity contribution in [3.05, 3.63) is 53.9 Å². The Balaban J connectivity index is 1.52. The van der Waals surface area contributed by atoms with Crippen LogP contribution in [0.5, 0.6) is 11.5 Å². The molecule has 2 aliphatic rings. The van der Waals surface area contributed by atoms with Gasteiger partial charge in [0, 0.05) is 18.9 Å². The Bertz CT molecular complexity index is 1390. The van der Waals surface area contributed by atoms with E-state index in [1.165, 1.54) is 26.3 Å². The predicted molar refractivity (Wildman–Crippen MR) is 157 cm³/mol. The van der Waals surface area contributed by atoms with E-state index in [-0.39, 0.29) is 23.6 Å². The molecule has 2 aromatic rings. The summed E-state index contributed by atoms with van der Waals surface area (Å²) in [6, 6.07) is 9.02. The number of hydrogen-bond donors (Lipinski definition) is 1. The number of pyridine rings is 1. The van der Waals surface area contributed by atoms with Crippen LogP contribution in [0.2, 0.25) is 0 Å². The molecule has 1 N–H and O–H groups in total. The summed E-state index contributed by atoms with van der Waals surface area (Å²) in [5.41, 5.74) is 0.473. The van der Waals surface area contributed by atoms with E-state index in [0.717, 1.165) is 12.0 Å². The Morgan fingerprint density at radius 3 is 2.52 bits per heavy atom. The smallest absolute Gasteiger partial charge is 0.338 e. The lowest BCUT2D eigenvalue weighted by molar-refractivity contribution is -0.176. The van der Waals surface area contributed by atoms with Gasteiger partial charge in [-0.1, -0.05) is 44.2 Å². The van der Waals surface area contributed by atoms with Gasteiger partial charge in [0.15, 0.2) is 35.4 Å². The van der Waals surface area contributed by atoms with Crippen LogP contribution >= 0.6 is 0 Å². The summed E-state index contributed by atoms with van der Waals surface area (Å²) < 4.78 is 38.1. The van der Waals surface area contributed by atoms with Crippen molar-refractivity contribution >= 4 is 29.8 Å². The van der Waals surface area contributed by atoms with Crippen molar-refractivity contribution in [1.29, 1.82) is 0 Å². The summed E-state index contributed by atoms with van der Waals surface area (Å²) in [7, 11) is 1.34. The van der Waals surface area contributed by atoms with Crippen LogP contribution in [-0.2, 0) is 49.3 Å². The topological polar surface area (TPSA) is 175 Å². The molecule has 14 nitrogen and oxygen atoms in total. The molecule has 2 fully saturated rings. The first kappa shape index (κ1) is 34.2. The Hall–Kier alpha value is -4.72. The maximum Gasteiger partial charge on any atom is 0.338 e. The molecule has 248 valence electrons. The lowest BCUT2D eigenvalue weighted by atomic mass is 9.91. The number of carbonyl (C=O) groups excluding carboxylic acids is 5. The van der Waals surface area contributed by atoms with Crippen LogP contribution < -0.4 is 14.8 Å². The molecule has 4 rings (SSSR count). The van der Waals surface area contributed by atoms with Gasteiger partial charge in [0.05, 0.1) is 13.0 Å². The van der Waals surface area contributed by atoms with Gasteiger partial charge >= 0.3 is 23.9 Å². The molecule has 2 aliphatic heterocycles. The molecule has 0 saturated carbocycles. The maximum atomic E-state index is 13.5. The summed E-state index contributed by atoms with van der Waals surface area (Å²) in [6.07, 6.45) is -0.263. The standard InChI is InChI=1S/C32H38N2O12/c1-18(2)29(36)46-26-19(3)45-31(38)22(16-42-30(37)21(26)15-20-9-6-5-7-10-20)34-28(35)25-27(23(40-4)12-13-33-25)43-17-44-32(39)24-11-8-14-41-24/h5-7,9-10,12-13,18-19,21-22,24,26H,8,11,14-17H2,1-4H3,(H,34,35)/t19-,21?,22-,24?,26?/m0/s1. The van der Waals surface area contributed by atoms with Crippen molar-refractivity contribution < 1.29 is 57.1 Å². The van der Waals surface area contributed by atoms with Gasteiger partial charge in [-0.25, -0.2) is 14.6 Å². The molecule has 1 aromatic heterocycles. The number of nitrogens with zero attached hydrogens (tertiary/aromatic N) is 1. The monoisotopic (exact) mass is 642 g/mol. The molecule has 5 atom stereocenters. The number of carbonyl (C=O) groups is 5. The van der Waals surface area contributed by atoms with Crippen molar-refractivity contribution in [1.82, 2.24) is 10.3 Å². The molecule has 1 aromatic carbocycles. The predicted octanol–water partition coefficient (Wildman–Crippen LogP) is 2.16. The highest BCUT2D eigenvalue weighted by atomic mass is 16.7. The van der Waals surface area contributed by atoms with Gasteiger partial charge in [-0.3, -0.25) is 14.4 Å². The van der Waals surface area contributed by atoms with Gasteiger partial charge in [-0.05, 0) is 31.7 Å². The van der Waals surface area contributed by atoms with Gasteiger partial charge in [0.2, 0.25) is 6.79 Å². The van der Waals surface area contributed by atoms with Crippen molar-refractivity contribution in [3.8, 4) is 11.5 Å². The van der Waals surface area contributed by atoms with Gasteiger partial charge < -0.3 is 38.5 Å². The van der Waals surface area contributed by atoms with Crippen molar-refractivity contribution in [2.75, 3.05) is 27.1 Å². The fourth-order valence-electron chi connectivity index (χ4n) is 4.87. The van der Waals surface area contributed by atoms with E-state index >= 15 is 0 Å². The second-order valence-electron chi connectivity index (χ2n) is 11.1. The van der Waals surface area contributed by atoms with Gasteiger partial charge in [0.25, 0.3) is 5.91 Å². The zero-order valence-corrected chi connectivity index (χ0v) is 26.1. The molecule has 3 unspecified atom stereocenters. The highest BCUT2D eigenvalue weighted by molar-refractivity contribution is 5.98. The minimum atomic E-state index is -1.46. The molecule has 0 radical (unpaired) electrons. The molecule has 0 aliphatic carbocycles. The molecule has 3 heterocycles. The van der Waals surface area contributed by atoms with Crippen molar-refractivity contribution in [2.45, 2.75) is 64.4 Å². The number of cyclic esters (lactones) is 2. The Morgan fingerprint density at radius 1 is 1.09 bits per heavy atom. The first-order valence-corrected chi connectivity index (χ1v) is 15.0. The van der Waals surface area contributed by atoms with Crippen molar-refractivity contribution in [2.24, 2.45) is 11.8 Å². The third kappa shape index (κ3) is 8.71. The lowest BCUT2D eigenvalue weighted by Crippen LogP contribution is -2.47. The number of esters is 4. The van der Waals surface area contributed by atoms with E-state index in [4.69, 9.17) is 33.2 Å². The summed E-state index contributed by atoms with van der Waals surface area (Å²) in [5, 5.41) is 2.47. The summed E-state index contributed by atoms with van der Waals surface area (Å²) in [4.78, 5) is 69.1. The summed E-state index contributed by atoms with van der Waals surface area (Å²) in [5.74, 6) is -5.35. The van der Waals surface area contributed by atoms with Crippen LogP contribution in [0, 0.1) is 11.8 Å². The number of nitrogens with one attached hydrogen (secondary N) is 1. The minimum absolute atomic E-state index is 0.101. The number of ether oxygens (including phenoxy) is 7. The molecule has 0 spiro atoms. The van der Waals surface area contributed by atoms with Gasteiger partial charge in [-0.15, -0.1) is 0 Å². The zero-order valence-electron chi connectivity index (χ0n) is 26.1. The quantitative estimate of drug-likeness (QED) is 0.215. The molecule has 46 heavy (non-hydrogen) atoms. The van der Waals surface area contributed by atoms with E-state index in [0.29, 0.717) is 13.0 Å². The summed E-state index contributed by atoms with van der Waals surface area (Å²) in [6.45, 7) is 4.09. The van der Waals surface area contributed by atoms with E-state index in [2.05, 4.69) is 10.3 Å². The Labute approximate surface area is 266 Å². The molecular formula is C32H38N2O12. The third-order valence-corrected chi connectivity index (χ3v) is 7.37. The molecule has 0 bridgehead atoms. The number of aromatic nitrogens is 1. The lowest BCUT2D eigenvalue weighted by Gasteiger charge is -2.29. The van der Waals surface area contributed by atoms with Gasteiger partial charge in [0.1, 0.15) is 18.6 Å². The highest BCUT2D eigenvalue weighted by Gasteiger charge is 2.42. The SMILES string of the molecule is COc1ccnc(C(=O)N[C@H]2COC(=O)C(Cc3ccccc3)C(OC(=O)C(C)C)[C@H](C)OC2=O)c1OCOC(=O)C1CCCO1. The average molecular weight is 643 g/mol. The maximum absolute atomic E-state index is 13.5. The second kappa shape index (κ2) is 16.0. The third-order valence-electron chi connectivity index (χ3n) is 7.37. The van der Waals surface area contributed by atoms with E-state index in [9.17, 15) is 24.0 Å². The van der Waals surface area contributed by atoms with E-state index < -0.39 is 79.4 Å². The Morgan fingerprint density at radius 2 is 1.85 bits per heavy atom. The molecule has 1 amide bonds. The molecular weight excluding hydrogens is 604 g/mol. The number of hydrogen-bond acceptors (Lipinski definition) is 13. The van der Waals surface area contributed by atoms with Crippen LogP contribution in [0.3, 0.4) is 0 Å². The highest BCUT2D eigenvalue weighted by Crippen LogP contribution is 2.30. The second-order valence-corrected chi connectivity index (χ2v) is 11.1. The van der Waals surface area contributed by atoms with Crippen molar-refractivity contribution in [3.63, 3.8) is 0 Å². The number of rotatable bonds is 11. The van der Waals surface area contributed by atoms with E-state index in [1.54, 1.807) is 26.0 Å². The number of amides is 1. The Kier molecular flexibility index (Phi) is 11.9. The number of methoxy groups -OCH3 is 1. The largest absolute Gasteiger partial charge is 0.493 e. The number of benzene rings is 1. The van der Waals surface area contributed by atoms with Crippen LogP contribution in [0.15, 0.2) is 42.6 Å². The normalized spacial score (nSPS) is 23.2.